The molecule has 3 rings (SSSR count). The first-order valence-corrected chi connectivity index (χ1v) is 8.12. The first kappa shape index (κ1) is 16.3. The van der Waals surface area contributed by atoms with Crippen LogP contribution in [0.2, 0.25) is 0 Å². The minimum atomic E-state index is -0.972. The zero-order chi connectivity index (χ0) is 17.1. The lowest BCUT2D eigenvalue weighted by atomic mass is 10.2. The second-order valence-corrected chi connectivity index (χ2v) is 6.01. The highest BCUT2D eigenvalue weighted by Gasteiger charge is 2.33. The molecule has 2 amide bonds. The van der Waals surface area contributed by atoms with Crippen molar-refractivity contribution in [2.24, 2.45) is 0 Å². The van der Waals surface area contributed by atoms with Gasteiger partial charge in [0.2, 0.25) is 5.91 Å². The minimum absolute atomic E-state index is 0.118. The number of ether oxygens (including phenoxy) is 1. The average Bonchev–Trinajstić information content (AvgIpc) is 3.22. The Morgan fingerprint density at radius 2 is 1.92 bits per heavy atom. The standard InChI is InChI=1S/C17H20N2O5/c20-15-4-2-9-18(15)12-5-7-13(8-6-12)24-11-16(21)19-10-1-3-14(19)17(22)23/h5-8,14H,1-4,9-11H2,(H,22,23). The van der Waals surface area contributed by atoms with Crippen LogP contribution in [0.4, 0.5) is 5.69 Å². The zero-order valence-electron chi connectivity index (χ0n) is 13.3. The summed E-state index contributed by atoms with van der Waals surface area (Å²) in [5, 5.41) is 9.11. The summed E-state index contributed by atoms with van der Waals surface area (Å²) in [5.74, 6) is -0.656. The highest BCUT2D eigenvalue weighted by Crippen LogP contribution is 2.24. The fourth-order valence-corrected chi connectivity index (χ4v) is 3.19. The van der Waals surface area contributed by atoms with Gasteiger partial charge >= 0.3 is 5.97 Å². The number of amides is 2. The summed E-state index contributed by atoms with van der Waals surface area (Å²) < 4.78 is 5.47. The van der Waals surface area contributed by atoms with Crippen LogP contribution in [0.5, 0.6) is 5.75 Å². The normalized spacial score (nSPS) is 20.5. The van der Waals surface area contributed by atoms with Crippen LogP contribution in [0.25, 0.3) is 0 Å². The van der Waals surface area contributed by atoms with Crippen LogP contribution in [0.1, 0.15) is 25.7 Å². The summed E-state index contributed by atoms with van der Waals surface area (Å²) in [6, 6.07) is 6.27. The second-order valence-electron chi connectivity index (χ2n) is 6.01. The highest BCUT2D eigenvalue weighted by molar-refractivity contribution is 5.95. The summed E-state index contributed by atoms with van der Waals surface area (Å²) in [7, 11) is 0. The molecule has 1 unspecified atom stereocenters. The Bertz CT molecular complexity index is 643. The van der Waals surface area contributed by atoms with E-state index in [1.54, 1.807) is 29.2 Å². The predicted octanol–water partition coefficient (Wildman–Crippen LogP) is 1.27. The maximum absolute atomic E-state index is 12.1. The predicted molar refractivity (Wildman–Crippen MR) is 85.9 cm³/mol. The van der Waals surface area contributed by atoms with E-state index in [9.17, 15) is 14.4 Å². The zero-order valence-corrected chi connectivity index (χ0v) is 13.3. The minimum Gasteiger partial charge on any atom is -0.484 e. The Morgan fingerprint density at radius 1 is 1.17 bits per heavy atom. The maximum Gasteiger partial charge on any atom is 0.326 e. The third-order valence-corrected chi connectivity index (χ3v) is 4.44. The second kappa shape index (κ2) is 6.90. The quantitative estimate of drug-likeness (QED) is 0.877. The van der Waals surface area contributed by atoms with Gasteiger partial charge in [-0.2, -0.15) is 0 Å². The molecule has 0 bridgehead atoms. The van der Waals surface area contributed by atoms with Gasteiger partial charge in [0, 0.05) is 25.2 Å². The molecular weight excluding hydrogens is 312 g/mol. The lowest BCUT2D eigenvalue weighted by Crippen LogP contribution is -2.42. The summed E-state index contributed by atoms with van der Waals surface area (Å²) in [4.78, 5) is 38.0. The fourth-order valence-electron chi connectivity index (χ4n) is 3.19. The number of hydrogen-bond donors (Lipinski definition) is 1. The van der Waals surface area contributed by atoms with E-state index < -0.39 is 12.0 Å². The van der Waals surface area contributed by atoms with Crippen LogP contribution in [0.3, 0.4) is 0 Å². The molecule has 1 atom stereocenters. The highest BCUT2D eigenvalue weighted by atomic mass is 16.5. The van der Waals surface area contributed by atoms with E-state index in [0.717, 1.165) is 18.7 Å². The van der Waals surface area contributed by atoms with Crippen molar-refractivity contribution in [2.45, 2.75) is 31.7 Å². The largest absolute Gasteiger partial charge is 0.484 e. The van der Waals surface area contributed by atoms with Crippen molar-refractivity contribution in [3.05, 3.63) is 24.3 Å². The third kappa shape index (κ3) is 3.34. The first-order valence-electron chi connectivity index (χ1n) is 8.12. The number of nitrogens with zero attached hydrogens (tertiary/aromatic N) is 2. The third-order valence-electron chi connectivity index (χ3n) is 4.44. The molecule has 0 aromatic heterocycles. The molecule has 2 aliphatic heterocycles. The molecule has 0 aliphatic carbocycles. The number of likely N-dealkylation sites (tertiary alicyclic amines) is 1. The number of aliphatic carboxylic acids is 1. The van der Waals surface area contributed by atoms with Crippen LogP contribution in [-0.4, -0.2) is 53.5 Å². The lowest BCUT2D eigenvalue weighted by Gasteiger charge is -2.21. The molecule has 2 fully saturated rings. The van der Waals surface area contributed by atoms with Gasteiger partial charge in [0.1, 0.15) is 11.8 Å². The van der Waals surface area contributed by atoms with Crippen molar-refractivity contribution in [2.75, 3.05) is 24.6 Å². The van der Waals surface area contributed by atoms with Crippen molar-refractivity contribution >= 4 is 23.5 Å². The molecule has 0 radical (unpaired) electrons. The van der Waals surface area contributed by atoms with Crippen LogP contribution in [-0.2, 0) is 14.4 Å². The van der Waals surface area contributed by atoms with Gasteiger partial charge in [0.25, 0.3) is 5.91 Å². The number of carbonyl (C=O) groups is 3. The molecule has 128 valence electrons. The monoisotopic (exact) mass is 332 g/mol. The SMILES string of the molecule is O=C(O)C1CCCN1C(=O)COc1ccc(N2CCCC2=O)cc1. The summed E-state index contributed by atoms with van der Waals surface area (Å²) >= 11 is 0. The van der Waals surface area contributed by atoms with E-state index in [1.165, 1.54) is 4.90 Å². The fraction of sp³-hybridized carbons (Fsp3) is 0.471. The van der Waals surface area contributed by atoms with Gasteiger partial charge in [-0.1, -0.05) is 0 Å². The van der Waals surface area contributed by atoms with E-state index in [0.29, 0.717) is 31.6 Å². The molecule has 24 heavy (non-hydrogen) atoms. The number of anilines is 1. The number of rotatable bonds is 5. The molecule has 0 spiro atoms. The van der Waals surface area contributed by atoms with Gasteiger partial charge in [-0.15, -0.1) is 0 Å². The Hall–Kier alpha value is -2.57. The van der Waals surface area contributed by atoms with Crippen LogP contribution in [0.15, 0.2) is 24.3 Å². The van der Waals surface area contributed by atoms with Crippen molar-refractivity contribution in [1.29, 1.82) is 0 Å². The summed E-state index contributed by atoms with van der Waals surface area (Å²) in [5.41, 5.74) is 0.821. The summed E-state index contributed by atoms with van der Waals surface area (Å²) in [6.45, 7) is 0.990. The molecule has 2 heterocycles. The van der Waals surface area contributed by atoms with Gasteiger partial charge in [-0.25, -0.2) is 4.79 Å². The van der Waals surface area contributed by atoms with Crippen LogP contribution in [0, 0.1) is 0 Å². The first-order chi connectivity index (χ1) is 11.6. The average molecular weight is 332 g/mol. The van der Waals surface area contributed by atoms with Crippen molar-refractivity contribution in [1.82, 2.24) is 4.90 Å². The topological polar surface area (TPSA) is 87.2 Å². The molecule has 0 saturated carbocycles. The maximum atomic E-state index is 12.1. The smallest absolute Gasteiger partial charge is 0.326 e. The number of hydrogen-bond acceptors (Lipinski definition) is 4. The van der Waals surface area contributed by atoms with Crippen molar-refractivity contribution in [3.63, 3.8) is 0 Å². The van der Waals surface area contributed by atoms with E-state index >= 15 is 0 Å². The van der Waals surface area contributed by atoms with E-state index in [4.69, 9.17) is 9.84 Å². The van der Waals surface area contributed by atoms with E-state index in [1.807, 2.05) is 0 Å². The molecule has 1 N–H and O–H groups in total. The Morgan fingerprint density at radius 3 is 2.54 bits per heavy atom. The van der Waals surface area contributed by atoms with Gasteiger partial charge in [-0.05, 0) is 43.5 Å². The van der Waals surface area contributed by atoms with Crippen molar-refractivity contribution < 1.29 is 24.2 Å². The Labute approximate surface area is 139 Å². The molecule has 2 aliphatic rings. The number of carboxylic acid groups (broad SMARTS) is 1. The van der Waals surface area contributed by atoms with Gasteiger partial charge in [0.15, 0.2) is 6.61 Å². The molecule has 1 aromatic rings. The Kier molecular flexibility index (Phi) is 4.69. The van der Waals surface area contributed by atoms with Crippen LogP contribution >= 0.6 is 0 Å². The van der Waals surface area contributed by atoms with E-state index in [-0.39, 0.29) is 18.4 Å². The van der Waals surface area contributed by atoms with Crippen molar-refractivity contribution in [3.8, 4) is 5.75 Å². The molecule has 7 heteroatoms. The number of carboxylic acids is 1. The van der Waals surface area contributed by atoms with Gasteiger partial charge in [-0.3, -0.25) is 9.59 Å². The van der Waals surface area contributed by atoms with Gasteiger partial charge < -0.3 is 19.6 Å². The van der Waals surface area contributed by atoms with E-state index in [2.05, 4.69) is 0 Å². The number of benzene rings is 1. The van der Waals surface area contributed by atoms with Gasteiger partial charge in [0.05, 0.1) is 0 Å². The molecular formula is C17H20N2O5. The molecule has 7 nitrogen and oxygen atoms in total. The summed E-state index contributed by atoms with van der Waals surface area (Å²) in [6.07, 6.45) is 2.63. The number of carbonyl (C=O) groups excluding carboxylic acids is 2. The molecule has 2 saturated heterocycles. The molecule has 1 aromatic carbocycles. The van der Waals surface area contributed by atoms with Crippen LogP contribution < -0.4 is 9.64 Å². The Balaban J connectivity index is 1.56. The lowest BCUT2D eigenvalue weighted by molar-refractivity contribution is -0.148.